The summed E-state index contributed by atoms with van der Waals surface area (Å²) in [6.07, 6.45) is 0. The van der Waals surface area contributed by atoms with Crippen molar-refractivity contribution in [3.8, 4) is 0 Å². The normalized spacial score (nSPS) is 11.9. The third kappa shape index (κ3) is 4.37. The monoisotopic (exact) mass is 264 g/mol. The Labute approximate surface area is 113 Å². The average molecular weight is 264 g/mol. The SMILES string of the molecule is CCN(C)C(=O)C(C)NCc1ccc(C(=O)O)cc1. The van der Waals surface area contributed by atoms with E-state index >= 15 is 0 Å². The maximum Gasteiger partial charge on any atom is 0.335 e. The standard InChI is InChI=1S/C14H20N2O3/c1-4-16(3)13(17)10(2)15-9-11-5-7-12(8-6-11)14(18)19/h5-8,10,15H,4,9H2,1-3H3,(H,18,19). The van der Waals surface area contributed by atoms with E-state index in [1.54, 1.807) is 36.2 Å². The van der Waals surface area contributed by atoms with Gasteiger partial charge in [-0.25, -0.2) is 4.79 Å². The van der Waals surface area contributed by atoms with Crippen LogP contribution in [0.15, 0.2) is 24.3 Å². The van der Waals surface area contributed by atoms with E-state index in [2.05, 4.69) is 5.32 Å². The second-order valence-electron chi connectivity index (χ2n) is 4.46. The van der Waals surface area contributed by atoms with Gasteiger partial charge in [-0.15, -0.1) is 0 Å². The molecule has 5 heteroatoms. The number of likely N-dealkylation sites (N-methyl/N-ethyl adjacent to an activating group) is 1. The summed E-state index contributed by atoms with van der Waals surface area (Å²) in [7, 11) is 1.77. The number of benzene rings is 1. The number of carbonyl (C=O) groups excluding carboxylic acids is 1. The quantitative estimate of drug-likeness (QED) is 0.813. The number of nitrogens with zero attached hydrogens (tertiary/aromatic N) is 1. The molecule has 1 atom stereocenters. The minimum absolute atomic E-state index is 0.0460. The van der Waals surface area contributed by atoms with E-state index in [0.29, 0.717) is 13.1 Å². The molecular weight excluding hydrogens is 244 g/mol. The maximum absolute atomic E-state index is 11.8. The lowest BCUT2D eigenvalue weighted by molar-refractivity contribution is -0.131. The molecule has 1 aromatic rings. The highest BCUT2D eigenvalue weighted by molar-refractivity contribution is 5.87. The van der Waals surface area contributed by atoms with E-state index in [9.17, 15) is 9.59 Å². The topological polar surface area (TPSA) is 69.6 Å². The van der Waals surface area contributed by atoms with Crippen LogP contribution < -0.4 is 5.32 Å². The summed E-state index contributed by atoms with van der Waals surface area (Å²) in [4.78, 5) is 24.2. The molecule has 1 aromatic carbocycles. The van der Waals surface area contributed by atoms with Crippen LogP contribution in [-0.4, -0.2) is 41.5 Å². The van der Waals surface area contributed by atoms with Crippen LogP contribution in [0.25, 0.3) is 0 Å². The van der Waals surface area contributed by atoms with Gasteiger partial charge in [0.05, 0.1) is 11.6 Å². The Kier molecular flexibility index (Phi) is 5.51. The molecule has 1 unspecified atom stereocenters. The lowest BCUT2D eigenvalue weighted by Crippen LogP contribution is -2.42. The highest BCUT2D eigenvalue weighted by Gasteiger charge is 2.15. The first-order chi connectivity index (χ1) is 8.95. The zero-order chi connectivity index (χ0) is 14.4. The molecule has 104 valence electrons. The summed E-state index contributed by atoms with van der Waals surface area (Å²) in [6, 6.07) is 6.35. The first kappa shape index (κ1) is 15.2. The van der Waals surface area contributed by atoms with E-state index in [-0.39, 0.29) is 17.5 Å². The average Bonchev–Trinajstić information content (AvgIpc) is 2.43. The third-order valence-electron chi connectivity index (χ3n) is 3.03. The summed E-state index contributed by atoms with van der Waals surface area (Å²) >= 11 is 0. The molecule has 0 saturated carbocycles. The molecule has 0 fully saturated rings. The molecule has 0 aliphatic rings. The molecular formula is C14H20N2O3. The van der Waals surface area contributed by atoms with Gasteiger partial charge >= 0.3 is 5.97 Å². The number of amides is 1. The van der Waals surface area contributed by atoms with E-state index in [1.165, 1.54) is 0 Å². The number of aromatic carboxylic acids is 1. The van der Waals surface area contributed by atoms with Crippen molar-refractivity contribution < 1.29 is 14.7 Å². The van der Waals surface area contributed by atoms with Crippen LogP contribution in [0.4, 0.5) is 0 Å². The summed E-state index contributed by atoms with van der Waals surface area (Å²) < 4.78 is 0. The predicted octanol–water partition coefficient (Wildman–Crippen LogP) is 1.34. The smallest absolute Gasteiger partial charge is 0.335 e. The molecule has 0 aliphatic carbocycles. The fraction of sp³-hybridized carbons (Fsp3) is 0.429. The molecule has 19 heavy (non-hydrogen) atoms. The molecule has 0 aromatic heterocycles. The highest BCUT2D eigenvalue weighted by atomic mass is 16.4. The van der Waals surface area contributed by atoms with E-state index in [4.69, 9.17) is 5.11 Å². The summed E-state index contributed by atoms with van der Waals surface area (Å²) in [6.45, 7) is 4.96. The number of carboxylic acids is 1. The van der Waals surface area contributed by atoms with Crippen molar-refractivity contribution in [3.63, 3.8) is 0 Å². The number of carboxylic acid groups (broad SMARTS) is 1. The van der Waals surface area contributed by atoms with Crippen LogP contribution in [0, 0.1) is 0 Å². The number of hydrogen-bond donors (Lipinski definition) is 2. The molecule has 0 heterocycles. The van der Waals surface area contributed by atoms with Crippen LogP contribution >= 0.6 is 0 Å². The second-order valence-corrected chi connectivity index (χ2v) is 4.46. The number of carbonyl (C=O) groups is 2. The van der Waals surface area contributed by atoms with Crippen LogP contribution in [-0.2, 0) is 11.3 Å². The largest absolute Gasteiger partial charge is 0.478 e. The van der Waals surface area contributed by atoms with Gasteiger partial charge in [-0.2, -0.15) is 0 Å². The number of rotatable bonds is 6. The van der Waals surface area contributed by atoms with Gasteiger partial charge in [0, 0.05) is 20.1 Å². The summed E-state index contributed by atoms with van der Waals surface area (Å²) in [5.74, 6) is -0.891. The molecule has 0 bridgehead atoms. The van der Waals surface area contributed by atoms with Gasteiger partial charge in [-0.3, -0.25) is 4.79 Å². The molecule has 1 amide bonds. The number of nitrogens with one attached hydrogen (secondary N) is 1. The van der Waals surface area contributed by atoms with Gasteiger partial charge in [0.1, 0.15) is 0 Å². The minimum Gasteiger partial charge on any atom is -0.478 e. The predicted molar refractivity (Wildman–Crippen MR) is 73.0 cm³/mol. The minimum atomic E-state index is -0.937. The Morgan fingerprint density at radius 1 is 1.32 bits per heavy atom. The van der Waals surface area contributed by atoms with Crippen molar-refractivity contribution in [2.24, 2.45) is 0 Å². The van der Waals surface area contributed by atoms with Crippen LogP contribution in [0.2, 0.25) is 0 Å². The third-order valence-corrected chi connectivity index (χ3v) is 3.03. The molecule has 5 nitrogen and oxygen atoms in total. The molecule has 0 radical (unpaired) electrons. The van der Waals surface area contributed by atoms with E-state index in [0.717, 1.165) is 5.56 Å². The lowest BCUT2D eigenvalue weighted by atomic mass is 10.1. The highest BCUT2D eigenvalue weighted by Crippen LogP contribution is 2.05. The van der Waals surface area contributed by atoms with Crippen molar-refractivity contribution in [2.45, 2.75) is 26.4 Å². The first-order valence-electron chi connectivity index (χ1n) is 6.26. The van der Waals surface area contributed by atoms with Gasteiger partial charge in [0.2, 0.25) is 5.91 Å². The second kappa shape index (κ2) is 6.89. The van der Waals surface area contributed by atoms with Crippen molar-refractivity contribution in [1.82, 2.24) is 10.2 Å². The lowest BCUT2D eigenvalue weighted by Gasteiger charge is -2.20. The molecule has 0 saturated heterocycles. The summed E-state index contributed by atoms with van der Waals surface area (Å²) in [5.41, 5.74) is 1.21. The van der Waals surface area contributed by atoms with Crippen molar-refractivity contribution in [3.05, 3.63) is 35.4 Å². The zero-order valence-electron chi connectivity index (χ0n) is 11.5. The van der Waals surface area contributed by atoms with Gasteiger partial charge in [0.25, 0.3) is 0 Å². The molecule has 0 spiro atoms. The van der Waals surface area contributed by atoms with E-state index < -0.39 is 5.97 Å². The Bertz CT molecular complexity index is 443. The molecule has 2 N–H and O–H groups in total. The Hall–Kier alpha value is -1.88. The van der Waals surface area contributed by atoms with Gasteiger partial charge in [0.15, 0.2) is 0 Å². The van der Waals surface area contributed by atoms with Crippen molar-refractivity contribution in [2.75, 3.05) is 13.6 Å². The summed E-state index contributed by atoms with van der Waals surface area (Å²) in [5, 5.41) is 11.9. The number of hydrogen-bond acceptors (Lipinski definition) is 3. The fourth-order valence-electron chi connectivity index (χ4n) is 1.61. The Balaban J connectivity index is 2.52. The fourth-order valence-corrected chi connectivity index (χ4v) is 1.61. The van der Waals surface area contributed by atoms with E-state index in [1.807, 2.05) is 13.8 Å². The first-order valence-corrected chi connectivity index (χ1v) is 6.26. The van der Waals surface area contributed by atoms with Gasteiger partial charge in [-0.1, -0.05) is 12.1 Å². The Morgan fingerprint density at radius 3 is 2.37 bits per heavy atom. The molecule has 0 aliphatic heterocycles. The molecule has 1 rings (SSSR count). The van der Waals surface area contributed by atoms with Crippen LogP contribution in [0.5, 0.6) is 0 Å². The van der Waals surface area contributed by atoms with Crippen LogP contribution in [0.3, 0.4) is 0 Å². The van der Waals surface area contributed by atoms with Crippen LogP contribution in [0.1, 0.15) is 29.8 Å². The van der Waals surface area contributed by atoms with Gasteiger partial charge in [-0.05, 0) is 31.5 Å². The van der Waals surface area contributed by atoms with Crippen molar-refractivity contribution in [1.29, 1.82) is 0 Å². The Morgan fingerprint density at radius 2 is 1.89 bits per heavy atom. The maximum atomic E-state index is 11.8. The van der Waals surface area contributed by atoms with Crippen molar-refractivity contribution >= 4 is 11.9 Å². The zero-order valence-corrected chi connectivity index (χ0v) is 11.5. The van der Waals surface area contributed by atoms with Gasteiger partial charge < -0.3 is 15.3 Å².